The molecule has 2 atom stereocenters. The molecule has 1 heterocycles. The molecule has 142 valence electrons. The zero-order chi connectivity index (χ0) is 19.6. The number of anilines is 1. The van der Waals surface area contributed by atoms with Crippen molar-refractivity contribution in [3.63, 3.8) is 0 Å². The van der Waals surface area contributed by atoms with Crippen LogP contribution in [0.5, 0.6) is 5.75 Å². The maximum absolute atomic E-state index is 12.6. The number of rotatable bonds is 6. The molecule has 0 bridgehead atoms. The van der Waals surface area contributed by atoms with E-state index >= 15 is 0 Å². The summed E-state index contributed by atoms with van der Waals surface area (Å²) < 4.78 is 5.25. The molecule has 2 aromatic carbocycles. The molecule has 0 aliphatic carbocycles. The van der Waals surface area contributed by atoms with E-state index in [1.807, 2.05) is 49.4 Å². The lowest BCUT2D eigenvalue weighted by molar-refractivity contribution is -0.126. The van der Waals surface area contributed by atoms with E-state index in [1.165, 1.54) is 0 Å². The zero-order valence-corrected chi connectivity index (χ0v) is 16.2. The second kappa shape index (κ2) is 7.82. The largest absolute Gasteiger partial charge is 0.497 e. The van der Waals surface area contributed by atoms with E-state index < -0.39 is 6.04 Å². The molecule has 2 N–H and O–H groups in total. The third-order valence-corrected chi connectivity index (χ3v) is 5.03. The van der Waals surface area contributed by atoms with Gasteiger partial charge in [-0.3, -0.25) is 9.59 Å². The van der Waals surface area contributed by atoms with Gasteiger partial charge in [0.15, 0.2) is 0 Å². The van der Waals surface area contributed by atoms with Crippen molar-refractivity contribution in [3.05, 3.63) is 59.2 Å². The maximum Gasteiger partial charge on any atom is 0.251 e. The van der Waals surface area contributed by atoms with Gasteiger partial charge in [0.1, 0.15) is 11.8 Å². The third kappa shape index (κ3) is 4.13. The molecule has 0 aromatic heterocycles. The topological polar surface area (TPSA) is 67.4 Å². The van der Waals surface area contributed by atoms with Crippen molar-refractivity contribution < 1.29 is 14.3 Å². The molecule has 5 heteroatoms. The van der Waals surface area contributed by atoms with Gasteiger partial charge in [-0.25, -0.2) is 0 Å². The molecule has 0 saturated heterocycles. The Morgan fingerprint density at radius 3 is 2.63 bits per heavy atom. The highest BCUT2D eigenvalue weighted by atomic mass is 16.5. The minimum atomic E-state index is -0.635. The normalized spacial score (nSPS) is 16.6. The number of carbonyl (C=O) groups is 2. The van der Waals surface area contributed by atoms with Crippen molar-refractivity contribution >= 4 is 17.5 Å². The summed E-state index contributed by atoms with van der Waals surface area (Å²) >= 11 is 0. The van der Waals surface area contributed by atoms with Gasteiger partial charge in [-0.1, -0.05) is 45.0 Å². The van der Waals surface area contributed by atoms with Crippen LogP contribution in [-0.4, -0.2) is 18.9 Å². The van der Waals surface area contributed by atoms with Crippen molar-refractivity contribution in [1.82, 2.24) is 5.32 Å². The van der Waals surface area contributed by atoms with Crippen LogP contribution in [0.25, 0.3) is 0 Å². The van der Waals surface area contributed by atoms with Gasteiger partial charge in [-0.05, 0) is 41.2 Å². The molecule has 2 aromatic rings. The lowest BCUT2D eigenvalue weighted by Gasteiger charge is -2.16. The summed E-state index contributed by atoms with van der Waals surface area (Å²) in [6.45, 7) is 6.21. The van der Waals surface area contributed by atoms with Gasteiger partial charge in [0.2, 0.25) is 5.91 Å². The molecule has 0 unspecified atom stereocenters. The first-order valence-electron chi connectivity index (χ1n) is 9.27. The molecule has 3 rings (SSSR count). The van der Waals surface area contributed by atoms with Crippen LogP contribution in [0.15, 0.2) is 42.5 Å². The first kappa shape index (κ1) is 19.0. The minimum absolute atomic E-state index is 0.0195. The smallest absolute Gasteiger partial charge is 0.251 e. The van der Waals surface area contributed by atoms with Crippen LogP contribution >= 0.6 is 0 Å². The van der Waals surface area contributed by atoms with Crippen LogP contribution in [0.4, 0.5) is 5.69 Å². The highest BCUT2D eigenvalue weighted by Gasteiger charge is 2.32. The Morgan fingerprint density at radius 2 is 1.93 bits per heavy atom. The standard InChI is InChI=1S/C22H26N2O3/c1-13(2)15-8-9-19-18(12-15)21(22(26)23-19)24-20(25)10-14(3)16-6-5-7-17(11-16)27-4/h5-9,11-14,21H,10H2,1-4H3,(H,23,26)(H,24,25)/t14-,21-/m1/s1. The first-order chi connectivity index (χ1) is 12.9. The summed E-state index contributed by atoms with van der Waals surface area (Å²) in [4.78, 5) is 24.9. The predicted octanol–water partition coefficient (Wildman–Crippen LogP) is 4.12. The lowest BCUT2D eigenvalue weighted by atomic mass is 9.96. The fraction of sp³-hybridized carbons (Fsp3) is 0.364. The van der Waals surface area contributed by atoms with Crippen molar-refractivity contribution in [2.24, 2.45) is 0 Å². The Bertz CT molecular complexity index is 860. The average molecular weight is 366 g/mol. The second-order valence-corrected chi connectivity index (χ2v) is 7.37. The number of fused-ring (bicyclic) bond motifs is 1. The number of ether oxygens (including phenoxy) is 1. The van der Waals surface area contributed by atoms with Crippen LogP contribution in [-0.2, 0) is 9.59 Å². The van der Waals surface area contributed by atoms with E-state index in [1.54, 1.807) is 7.11 Å². The summed E-state index contributed by atoms with van der Waals surface area (Å²) in [6, 6.07) is 13.0. The van der Waals surface area contributed by atoms with Crippen LogP contribution in [0.3, 0.4) is 0 Å². The van der Waals surface area contributed by atoms with Crippen LogP contribution < -0.4 is 15.4 Å². The van der Waals surface area contributed by atoms with E-state index in [0.717, 1.165) is 28.1 Å². The van der Waals surface area contributed by atoms with E-state index in [-0.39, 0.29) is 17.7 Å². The summed E-state index contributed by atoms with van der Waals surface area (Å²) in [5.41, 5.74) is 3.79. The SMILES string of the molecule is COc1cccc([C@H](C)CC(=O)N[C@H]2C(=O)Nc3ccc(C(C)C)cc32)c1. The molecule has 0 radical (unpaired) electrons. The average Bonchev–Trinajstić information content (AvgIpc) is 2.96. The molecular weight excluding hydrogens is 340 g/mol. The zero-order valence-electron chi connectivity index (χ0n) is 16.2. The number of benzene rings is 2. The van der Waals surface area contributed by atoms with Gasteiger partial charge in [0.05, 0.1) is 7.11 Å². The van der Waals surface area contributed by atoms with Gasteiger partial charge < -0.3 is 15.4 Å². The van der Waals surface area contributed by atoms with E-state index in [4.69, 9.17) is 4.74 Å². The summed E-state index contributed by atoms with van der Waals surface area (Å²) in [6.07, 6.45) is 0.302. The Hall–Kier alpha value is -2.82. The molecule has 0 fully saturated rings. The summed E-state index contributed by atoms with van der Waals surface area (Å²) in [7, 11) is 1.62. The Labute approximate surface area is 160 Å². The van der Waals surface area contributed by atoms with Gasteiger partial charge >= 0.3 is 0 Å². The van der Waals surface area contributed by atoms with E-state index in [0.29, 0.717) is 12.3 Å². The molecular formula is C22H26N2O3. The van der Waals surface area contributed by atoms with Gasteiger partial charge in [-0.2, -0.15) is 0 Å². The Kier molecular flexibility index (Phi) is 5.49. The molecule has 1 aliphatic heterocycles. The van der Waals surface area contributed by atoms with E-state index in [2.05, 4.69) is 24.5 Å². The van der Waals surface area contributed by atoms with Crippen molar-refractivity contribution in [2.75, 3.05) is 12.4 Å². The first-order valence-corrected chi connectivity index (χ1v) is 9.27. The van der Waals surface area contributed by atoms with Crippen molar-refractivity contribution in [2.45, 2.75) is 45.1 Å². The van der Waals surface area contributed by atoms with Crippen LogP contribution in [0.1, 0.15) is 61.8 Å². The monoisotopic (exact) mass is 366 g/mol. The molecule has 2 amide bonds. The fourth-order valence-electron chi connectivity index (χ4n) is 3.35. The number of nitrogens with one attached hydrogen (secondary N) is 2. The number of methoxy groups -OCH3 is 1. The van der Waals surface area contributed by atoms with Gasteiger partial charge in [0.25, 0.3) is 5.91 Å². The number of carbonyl (C=O) groups excluding carboxylic acids is 2. The molecule has 0 spiro atoms. The summed E-state index contributed by atoms with van der Waals surface area (Å²) in [5, 5.41) is 5.75. The molecule has 1 aliphatic rings. The van der Waals surface area contributed by atoms with E-state index in [9.17, 15) is 9.59 Å². The highest BCUT2D eigenvalue weighted by Crippen LogP contribution is 2.33. The Balaban J connectivity index is 1.71. The number of hydrogen-bond acceptors (Lipinski definition) is 3. The van der Waals surface area contributed by atoms with Gasteiger partial charge in [-0.15, -0.1) is 0 Å². The molecule has 27 heavy (non-hydrogen) atoms. The van der Waals surface area contributed by atoms with Crippen LogP contribution in [0, 0.1) is 0 Å². The maximum atomic E-state index is 12.6. The lowest BCUT2D eigenvalue weighted by Crippen LogP contribution is -2.33. The quantitative estimate of drug-likeness (QED) is 0.808. The van der Waals surface area contributed by atoms with Crippen LogP contribution in [0.2, 0.25) is 0 Å². The number of amides is 2. The highest BCUT2D eigenvalue weighted by molar-refractivity contribution is 6.04. The molecule has 5 nitrogen and oxygen atoms in total. The fourth-order valence-corrected chi connectivity index (χ4v) is 3.35. The minimum Gasteiger partial charge on any atom is -0.497 e. The number of hydrogen-bond donors (Lipinski definition) is 2. The second-order valence-electron chi connectivity index (χ2n) is 7.37. The Morgan fingerprint density at radius 1 is 1.15 bits per heavy atom. The third-order valence-electron chi connectivity index (χ3n) is 5.03. The van der Waals surface area contributed by atoms with Crippen molar-refractivity contribution in [3.8, 4) is 5.75 Å². The summed E-state index contributed by atoms with van der Waals surface area (Å²) in [5.74, 6) is 0.813. The van der Waals surface area contributed by atoms with Crippen molar-refractivity contribution in [1.29, 1.82) is 0 Å². The predicted molar refractivity (Wildman–Crippen MR) is 106 cm³/mol. The van der Waals surface area contributed by atoms with Gasteiger partial charge in [0, 0.05) is 17.7 Å². The molecule has 0 saturated carbocycles.